The molecule has 4 aliphatic carbocycles. The largest absolute Gasteiger partial charge is 0.298 e. The number of carbonyl (C=O) groups is 2. The number of halogens is 2. The van der Waals surface area contributed by atoms with E-state index in [1.807, 2.05) is 30.3 Å². The maximum absolute atomic E-state index is 13.5. The molecule has 4 saturated carbocycles. The zero-order chi connectivity index (χ0) is 20.3. The average molecular weight is 427 g/mol. The normalized spacial score (nSPS) is 30.7. The van der Waals surface area contributed by atoms with E-state index in [0.717, 1.165) is 54.4 Å². The Labute approximate surface area is 181 Å². The van der Waals surface area contributed by atoms with Crippen LogP contribution >= 0.6 is 23.2 Å². The molecule has 0 saturated heterocycles. The molecule has 0 aromatic heterocycles. The first-order chi connectivity index (χ1) is 14.0. The molecule has 4 aliphatic rings. The van der Waals surface area contributed by atoms with Crippen LogP contribution < -0.4 is 0 Å². The van der Waals surface area contributed by atoms with Gasteiger partial charge in [-0.1, -0.05) is 48.3 Å². The van der Waals surface area contributed by atoms with Gasteiger partial charge < -0.3 is 0 Å². The highest BCUT2D eigenvalue weighted by atomic mass is 35.5. The highest BCUT2D eigenvalue weighted by molar-refractivity contribution is 6.36. The Balaban J connectivity index is 1.60. The molecule has 0 radical (unpaired) electrons. The number of hydrogen-bond acceptors (Lipinski definition) is 2. The maximum atomic E-state index is 13.5. The predicted molar refractivity (Wildman–Crippen MR) is 116 cm³/mol. The van der Waals surface area contributed by atoms with Crippen LogP contribution in [0.2, 0.25) is 10.0 Å². The summed E-state index contributed by atoms with van der Waals surface area (Å²) in [7, 11) is 0. The Morgan fingerprint density at radius 2 is 1.48 bits per heavy atom. The maximum Gasteiger partial charge on any atom is 0.151 e. The SMILES string of the molecule is CCc1ccc(-c2ccc(Cl)cc2Cl)cc1C1C(=O)[C@@H]2C3CCC(CC3)[C@@H]2C1=O. The van der Waals surface area contributed by atoms with Crippen LogP contribution in [0.15, 0.2) is 36.4 Å². The molecule has 2 aromatic rings. The molecule has 0 amide bonds. The van der Waals surface area contributed by atoms with Crippen molar-refractivity contribution in [1.82, 2.24) is 0 Å². The minimum atomic E-state index is -0.604. The van der Waals surface area contributed by atoms with E-state index in [1.54, 1.807) is 6.07 Å². The molecule has 0 spiro atoms. The lowest BCUT2D eigenvalue weighted by atomic mass is 9.59. The van der Waals surface area contributed by atoms with Crippen molar-refractivity contribution in [2.24, 2.45) is 23.7 Å². The lowest BCUT2D eigenvalue weighted by Gasteiger charge is -2.43. The van der Waals surface area contributed by atoms with E-state index < -0.39 is 5.92 Å². The summed E-state index contributed by atoms with van der Waals surface area (Å²) in [6, 6.07) is 11.5. The zero-order valence-electron chi connectivity index (χ0n) is 16.5. The number of fused-ring (bicyclic) bond motifs is 2. The average Bonchev–Trinajstić information content (AvgIpc) is 3.01. The third kappa shape index (κ3) is 2.99. The van der Waals surface area contributed by atoms with Crippen molar-refractivity contribution < 1.29 is 9.59 Å². The second-order valence-corrected chi connectivity index (χ2v) is 9.70. The van der Waals surface area contributed by atoms with E-state index in [9.17, 15) is 9.59 Å². The first-order valence-corrected chi connectivity index (χ1v) is 11.4. The van der Waals surface area contributed by atoms with E-state index in [-0.39, 0.29) is 23.4 Å². The van der Waals surface area contributed by atoms with Gasteiger partial charge >= 0.3 is 0 Å². The third-order valence-electron chi connectivity index (χ3n) is 7.53. The molecule has 4 fully saturated rings. The molecule has 150 valence electrons. The molecule has 0 aliphatic heterocycles. The van der Waals surface area contributed by atoms with Crippen molar-refractivity contribution in [3.8, 4) is 11.1 Å². The van der Waals surface area contributed by atoms with Crippen LogP contribution in [-0.2, 0) is 16.0 Å². The van der Waals surface area contributed by atoms with Crippen LogP contribution in [0.25, 0.3) is 11.1 Å². The van der Waals surface area contributed by atoms with E-state index >= 15 is 0 Å². The van der Waals surface area contributed by atoms with Gasteiger partial charge in [0.25, 0.3) is 0 Å². The number of hydrogen-bond donors (Lipinski definition) is 0. The minimum Gasteiger partial charge on any atom is -0.298 e. The predicted octanol–water partition coefficient (Wildman–Crippen LogP) is 6.51. The standard InChI is InChI=1S/C25H24Cl2O2/c1-2-13-3-8-16(18-10-9-17(26)12-20(18)27)11-19(13)23-24(28)21-14-4-5-15(7-6-14)22(21)25(23)29/h3,8-12,14-15,21-23H,2,4-7H2,1H3/t14?,15?,21-,22+,23?. The molecular weight excluding hydrogens is 403 g/mol. The van der Waals surface area contributed by atoms with Gasteiger partial charge in [-0.2, -0.15) is 0 Å². The van der Waals surface area contributed by atoms with Crippen molar-refractivity contribution in [2.75, 3.05) is 0 Å². The number of ketones is 2. The number of carbonyl (C=O) groups excluding carboxylic acids is 2. The van der Waals surface area contributed by atoms with Crippen LogP contribution in [0.1, 0.15) is 49.7 Å². The van der Waals surface area contributed by atoms with Gasteiger partial charge in [0, 0.05) is 27.4 Å². The fraction of sp³-hybridized carbons (Fsp3) is 0.440. The van der Waals surface area contributed by atoms with Crippen LogP contribution in [0.3, 0.4) is 0 Å². The van der Waals surface area contributed by atoms with Gasteiger partial charge in [0.1, 0.15) is 5.92 Å². The quantitative estimate of drug-likeness (QED) is 0.524. The Morgan fingerprint density at radius 3 is 2.03 bits per heavy atom. The van der Waals surface area contributed by atoms with Gasteiger partial charge in [0.2, 0.25) is 0 Å². The number of rotatable bonds is 3. The number of benzene rings is 2. The van der Waals surface area contributed by atoms with Crippen molar-refractivity contribution in [3.63, 3.8) is 0 Å². The van der Waals surface area contributed by atoms with Crippen LogP contribution in [-0.4, -0.2) is 11.6 Å². The summed E-state index contributed by atoms with van der Waals surface area (Å²) in [5.41, 5.74) is 3.77. The summed E-state index contributed by atoms with van der Waals surface area (Å²) >= 11 is 12.5. The Morgan fingerprint density at radius 1 is 0.862 bits per heavy atom. The Hall–Kier alpha value is -1.64. The van der Waals surface area contributed by atoms with E-state index in [4.69, 9.17) is 23.2 Å². The van der Waals surface area contributed by atoms with Crippen molar-refractivity contribution in [2.45, 2.75) is 44.9 Å². The summed E-state index contributed by atoms with van der Waals surface area (Å²) in [4.78, 5) is 27.0. The van der Waals surface area contributed by atoms with Crippen molar-refractivity contribution in [3.05, 3.63) is 57.6 Å². The summed E-state index contributed by atoms with van der Waals surface area (Å²) < 4.78 is 0. The van der Waals surface area contributed by atoms with Gasteiger partial charge in [-0.15, -0.1) is 0 Å². The monoisotopic (exact) mass is 426 g/mol. The second-order valence-electron chi connectivity index (χ2n) is 8.86. The van der Waals surface area contributed by atoms with Gasteiger partial charge in [0.15, 0.2) is 11.6 Å². The number of Topliss-reactive ketones (excluding diaryl/α,β-unsaturated/α-hetero) is 2. The summed E-state index contributed by atoms with van der Waals surface area (Å²) in [6.07, 6.45) is 5.23. The first-order valence-electron chi connectivity index (χ1n) is 10.6. The number of aryl methyl sites for hydroxylation is 1. The van der Waals surface area contributed by atoms with E-state index in [0.29, 0.717) is 21.9 Å². The molecular formula is C25H24Cl2O2. The first kappa shape index (κ1) is 19.3. The molecule has 2 nitrogen and oxygen atoms in total. The highest BCUT2D eigenvalue weighted by Gasteiger charge is 2.59. The lowest BCUT2D eigenvalue weighted by Crippen LogP contribution is -2.41. The molecule has 6 rings (SSSR count). The summed E-state index contributed by atoms with van der Waals surface area (Å²) in [5, 5.41) is 1.16. The highest BCUT2D eigenvalue weighted by Crippen LogP contribution is 2.56. The van der Waals surface area contributed by atoms with E-state index in [1.165, 1.54) is 0 Å². The molecule has 4 heteroatoms. The molecule has 29 heavy (non-hydrogen) atoms. The van der Waals surface area contributed by atoms with Gasteiger partial charge in [0.05, 0.1) is 0 Å². The lowest BCUT2D eigenvalue weighted by molar-refractivity contribution is -0.129. The third-order valence-corrected chi connectivity index (χ3v) is 8.07. The van der Waals surface area contributed by atoms with Crippen LogP contribution in [0.5, 0.6) is 0 Å². The molecule has 2 aromatic carbocycles. The minimum absolute atomic E-state index is 0.0486. The Bertz CT molecular complexity index is 974. The van der Waals surface area contributed by atoms with Crippen molar-refractivity contribution in [1.29, 1.82) is 0 Å². The van der Waals surface area contributed by atoms with Crippen LogP contribution in [0, 0.1) is 23.7 Å². The van der Waals surface area contributed by atoms with Gasteiger partial charge in [-0.3, -0.25) is 9.59 Å². The topological polar surface area (TPSA) is 34.1 Å². The molecule has 3 atom stereocenters. The molecule has 0 N–H and O–H groups in total. The second kappa shape index (κ2) is 7.25. The van der Waals surface area contributed by atoms with Crippen LogP contribution in [0.4, 0.5) is 0 Å². The van der Waals surface area contributed by atoms with Gasteiger partial charge in [-0.05, 0) is 78.8 Å². The fourth-order valence-corrected chi connectivity index (χ4v) is 6.69. The Kier molecular flexibility index (Phi) is 4.83. The smallest absolute Gasteiger partial charge is 0.151 e. The fourth-order valence-electron chi connectivity index (χ4n) is 6.18. The van der Waals surface area contributed by atoms with E-state index in [2.05, 4.69) is 6.92 Å². The summed E-state index contributed by atoms with van der Waals surface area (Å²) in [6.45, 7) is 2.08. The van der Waals surface area contributed by atoms with Gasteiger partial charge in [-0.25, -0.2) is 0 Å². The molecule has 1 unspecified atom stereocenters. The summed E-state index contributed by atoms with van der Waals surface area (Å²) in [5.74, 6) is 0.454. The zero-order valence-corrected chi connectivity index (χ0v) is 18.0. The molecule has 2 bridgehead atoms. The van der Waals surface area contributed by atoms with Crippen molar-refractivity contribution >= 4 is 34.8 Å². The molecule has 0 heterocycles.